The first-order chi connectivity index (χ1) is 15.3. The highest BCUT2D eigenvalue weighted by molar-refractivity contribution is 7.19. The first-order valence-electron chi connectivity index (χ1n) is 10.9. The smallest absolute Gasteiger partial charge is 0.161 e. The Kier molecular flexibility index (Phi) is 7.03. The van der Waals surface area contributed by atoms with E-state index in [1.54, 1.807) is 6.92 Å². The van der Waals surface area contributed by atoms with Gasteiger partial charge in [-0.15, -0.1) is 0 Å². The average Bonchev–Trinajstić information content (AvgIpc) is 3.19. The van der Waals surface area contributed by atoms with E-state index in [0.29, 0.717) is 17.3 Å². The molecule has 2 unspecified atom stereocenters. The normalized spacial score (nSPS) is 16.6. The summed E-state index contributed by atoms with van der Waals surface area (Å²) in [5, 5.41) is 9.62. The standard InChI is InChI=1S/C23H30FN6PS/c1-14-4-5-18(17(10-14)11-23(3,24)31)29-20-19-22(28-13-27-20)32-21(30-19)15(2)26-12-16-6-8-25-9-7-16/h4-5,10,13,16,25-26H,2,6-9,11-12,31H2,1,3H3,(H,27,28,29). The maximum absolute atomic E-state index is 14.4. The van der Waals surface area contributed by atoms with Crippen LogP contribution in [0.25, 0.3) is 16.0 Å². The Morgan fingerprint density at radius 2 is 2.12 bits per heavy atom. The fourth-order valence-corrected chi connectivity index (χ4v) is 4.97. The molecule has 0 amide bonds. The van der Waals surface area contributed by atoms with Crippen molar-refractivity contribution in [3.05, 3.63) is 47.2 Å². The molecule has 2 atom stereocenters. The maximum atomic E-state index is 14.4. The van der Waals surface area contributed by atoms with Crippen LogP contribution in [-0.4, -0.2) is 40.0 Å². The summed E-state index contributed by atoms with van der Waals surface area (Å²) < 4.78 is 14.4. The van der Waals surface area contributed by atoms with Gasteiger partial charge in [-0.05, 0) is 57.3 Å². The van der Waals surface area contributed by atoms with Crippen molar-refractivity contribution in [2.24, 2.45) is 5.92 Å². The number of rotatable bonds is 8. The molecule has 3 aromatic rings. The fraction of sp³-hybridized carbons (Fsp3) is 0.435. The van der Waals surface area contributed by atoms with Crippen molar-refractivity contribution in [1.82, 2.24) is 25.6 Å². The van der Waals surface area contributed by atoms with Gasteiger partial charge in [0.2, 0.25) is 0 Å². The molecule has 170 valence electrons. The van der Waals surface area contributed by atoms with Gasteiger partial charge in [0.1, 0.15) is 27.1 Å². The summed E-state index contributed by atoms with van der Waals surface area (Å²) in [6.45, 7) is 10.8. The number of aryl methyl sites for hydroxylation is 1. The minimum absolute atomic E-state index is 0.273. The van der Waals surface area contributed by atoms with Gasteiger partial charge in [-0.25, -0.2) is 19.3 Å². The number of anilines is 2. The molecule has 6 nitrogen and oxygen atoms in total. The zero-order chi connectivity index (χ0) is 22.7. The van der Waals surface area contributed by atoms with Gasteiger partial charge in [0.05, 0.1) is 5.70 Å². The second-order valence-corrected chi connectivity index (χ2v) is 10.9. The summed E-state index contributed by atoms with van der Waals surface area (Å²) in [6, 6.07) is 5.96. The number of alkyl halides is 1. The molecule has 0 radical (unpaired) electrons. The Hall–Kier alpha value is -2.15. The maximum Gasteiger partial charge on any atom is 0.161 e. The van der Waals surface area contributed by atoms with Crippen molar-refractivity contribution < 1.29 is 4.39 Å². The zero-order valence-corrected chi connectivity index (χ0v) is 20.5. The second-order valence-electron chi connectivity index (χ2n) is 8.69. The van der Waals surface area contributed by atoms with Crippen LogP contribution in [0.15, 0.2) is 31.1 Å². The van der Waals surface area contributed by atoms with Crippen LogP contribution >= 0.6 is 20.6 Å². The van der Waals surface area contributed by atoms with E-state index < -0.39 is 5.41 Å². The highest BCUT2D eigenvalue weighted by Crippen LogP contribution is 2.33. The van der Waals surface area contributed by atoms with Crippen LogP contribution in [0.2, 0.25) is 0 Å². The molecular formula is C23H30FN6PS. The number of hydrogen-bond acceptors (Lipinski definition) is 7. The van der Waals surface area contributed by atoms with Crippen LogP contribution in [0.5, 0.6) is 0 Å². The molecular weight excluding hydrogens is 442 g/mol. The van der Waals surface area contributed by atoms with Crippen molar-refractivity contribution in [2.75, 3.05) is 25.0 Å². The first-order valence-corrected chi connectivity index (χ1v) is 12.3. The Balaban J connectivity index is 1.54. The van der Waals surface area contributed by atoms with E-state index in [1.165, 1.54) is 30.5 Å². The number of nitrogens with zero attached hydrogens (tertiary/aromatic N) is 3. The number of halogens is 1. The SMILES string of the molecule is C=C(NCC1CCNCC1)c1nc2c(Nc3ccc(C)cc3CC(C)(F)P)ncnc2s1. The van der Waals surface area contributed by atoms with Gasteiger partial charge in [-0.2, -0.15) is 0 Å². The van der Waals surface area contributed by atoms with Gasteiger partial charge >= 0.3 is 0 Å². The van der Waals surface area contributed by atoms with Gasteiger partial charge in [0.25, 0.3) is 0 Å². The van der Waals surface area contributed by atoms with E-state index in [9.17, 15) is 4.39 Å². The van der Waals surface area contributed by atoms with Crippen molar-refractivity contribution in [2.45, 2.75) is 38.5 Å². The van der Waals surface area contributed by atoms with Crippen molar-refractivity contribution >= 4 is 48.1 Å². The van der Waals surface area contributed by atoms with Gasteiger partial charge in [-0.3, -0.25) is 0 Å². The zero-order valence-electron chi connectivity index (χ0n) is 18.5. The van der Waals surface area contributed by atoms with Gasteiger partial charge in [0, 0.05) is 18.7 Å². The number of hydrogen-bond donors (Lipinski definition) is 3. The summed E-state index contributed by atoms with van der Waals surface area (Å²) in [5.41, 5.74) is 4.29. The van der Waals surface area contributed by atoms with E-state index >= 15 is 0 Å². The molecule has 3 N–H and O–H groups in total. The van der Waals surface area contributed by atoms with E-state index in [1.807, 2.05) is 25.1 Å². The predicted octanol–water partition coefficient (Wildman–Crippen LogP) is 4.80. The van der Waals surface area contributed by atoms with E-state index in [2.05, 4.69) is 41.7 Å². The topological polar surface area (TPSA) is 74.8 Å². The number of thiazole rings is 1. The molecule has 9 heteroatoms. The lowest BCUT2D eigenvalue weighted by Gasteiger charge is -2.23. The minimum Gasteiger partial charge on any atom is -0.383 e. The summed E-state index contributed by atoms with van der Waals surface area (Å²) in [7, 11) is 2.27. The monoisotopic (exact) mass is 472 g/mol. The Bertz CT molecular complexity index is 1100. The summed E-state index contributed by atoms with van der Waals surface area (Å²) in [4.78, 5) is 14.4. The van der Waals surface area contributed by atoms with Crippen molar-refractivity contribution in [3.63, 3.8) is 0 Å². The lowest BCUT2D eigenvalue weighted by molar-refractivity contribution is 0.314. The molecule has 4 rings (SSSR count). The lowest BCUT2D eigenvalue weighted by Crippen LogP contribution is -2.33. The second kappa shape index (κ2) is 9.77. The van der Waals surface area contributed by atoms with Gasteiger partial charge in [0.15, 0.2) is 5.82 Å². The Labute approximate surface area is 194 Å². The third-order valence-corrected chi connectivity index (χ3v) is 6.79. The molecule has 3 heterocycles. The Morgan fingerprint density at radius 3 is 2.88 bits per heavy atom. The third kappa shape index (κ3) is 5.80. The van der Waals surface area contributed by atoms with Crippen LogP contribution in [0, 0.1) is 12.8 Å². The average molecular weight is 473 g/mol. The summed E-state index contributed by atoms with van der Waals surface area (Å²) >= 11 is 1.49. The third-order valence-electron chi connectivity index (χ3n) is 5.57. The molecule has 1 aliphatic rings. The molecule has 32 heavy (non-hydrogen) atoms. The number of piperidine rings is 1. The van der Waals surface area contributed by atoms with Crippen LogP contribution in [-0.2, 0) is 6.42 Å². The molecule has 1 saturated heterocycles. The fourth-order valence-electron chi connectivity index (χ4n) is 3.89. The first kappa shape index (κ1) is 23.0. The molecule has 0 spiro atoms. The van der Waals surface area contributed by atoms with E-state index in [-0.39, 0.29) is 6.42 Å². The molecule has 2 aromatic heterocycles. The van der Waals surface area contributed by atoms with Crippen LogP contribution < -0.4 is 16.0 Å². The molecule has 1 aromatic carbocycles. The number of aromatic nitrogens is 3. The Morgan fingerprint density at radius 1 is 1.34 bits per heavy atom. The highest BCUT2D eigenvalue weighted by atomic mass is 32.1. The van der Waals surface area contributed by atoms with E-state index in [4.69, 9.17) is 4.98 Å². The molecule has 1 fully saturated rings. The van der Waals surface area contributed by atoms with E-state index in [0.717, 1.165) is 52.0 Å². The van der Waals surface area contributed by atoms with Crippen molar-refractivity contribution in [1.29, 1.82) is 0 Å². The molecule has 0 saturated carbocycles. The highest BCUT2D eigenvalue weighted by Gasteiger charge is 2.20. The lowest BCUT2D eigenvalue weighted by atomic mass is 9.98. The summed E-state index contributed by atoms with van der Waals surface area (Å²) in [6.07, 6.45) is 4.15. The van der Waals surface area contributed by atoms with Crippen LogP contribution in [0.4, 0.5) is 15.9 Å². The molecule has 0 bridgehead atoms. The number of benzene rings is 1. The van der Waals surface area contributed by atoms with Gasteiger partial charge < -0.3 is 16.0 Å². The van der Waals surface area contributed by atoms with Crippen molar-refractivity contribution in [3.8, 4) is 0 Å². The minimum atomic E-state index is -1.39. The van der Waals surface area contributed by atoms with Crippen LogP contribution in [0.1, 0.15) is 35.9 Å². The molecule has 0 aliphatic carbocycles. The predicted molar refractivity (Wildman–Crippen MR) is 135 cm³/mol. The number of fused-ring (bicyclic) bond motifs is 1. The number of nitrogens with one attached hydrogen (secondary N) is 3. The van der Waals surface area contributed by atoms with Crippen LogP contribution in [0.3, 0.4) is 0 Å². The van der Waals surface area contributed by atoms with Gasteiger partial charge in [-0.1, -0.05) is 44.9 Å². The quantitative estimate of drug-likeness (QED) is 0.409. The summed E-state index contributed by atoms with van der Waals surface area (Å²) in [5.74, 6) is 1.26. The largest absolute Gasteiger partial charge is 0.383 e. The molecule has 1 aliphatic heterocycles.